The average Bonchev–Trinajstić information content (AvgIpc) is 3.47. The number of aromatic nitrogens is 2. The molecule has 1 aliphatic heterocycles. The highest BCUT2D eigenvalue weighted by Crippen LogP contribution is 2.49. The molecule has 0 saturated heterocycles. The van der Waals surface area contributed by atoms with Gasteiger partial charge < -0.3 is 19.5 Å². The van der Waals surface area contributed by atoms with Crippen molar-refractivity contribution in [3.8, 4) is 17.2 Å². The summed E-state index contributed by atoms with van der Waals surface area (Å²) in [6.07, 6.45) is 1.09. The number of fused-ring (bicyclic) bond motifs is 1. The third-order valence-electron chi connectivity index (χ3n) is 6.14. The molecule has 0 amide bonds. The minimum absolute atomic E-state index is 0.0298. The van der Waals surface area contributed by atoms with Crippen LogP contribution in [0.4, 0.5) is 5.82 Å². The van der Waals surface area contributed by atoms with Gasteiger partial charge in [-0.05, 0) is 35.6 Å². The Labute approximate surface area is 188 Å². The Morgan fingerprint density at radius 3 is 2.38 bits per heavy atom. The number of hydrogen-bond donors (Lipinski definition) is 3. The molecule has 1 aliphatic carbocycles. The number of anilines is 1. The third kappa shape index (κ3) is 3.12. The van der Waals surface area contributed by atoms with Gasteiger partial charge in [-0.2, -0.15) is 0 Å². The number of ether oxygens (including phenoxy) is 3. The summed E-state index contributed by atoms with van der Waals surface area (Å²) in [5.74, 6) is 1.56. The molecule has 3 aromatic rings. The molecular formula is C23H23N3O5S. The van der Waals surface area contributed by atoms with Gasteiger partial charge in [-0.25, -0.2) is 0 Å². The van der Waals surface area contributed by atoms with Crippen molar-refractivity contribution in [3.05, 3.63) is 67.3 Å². The monoisotopic (exact) mass is 453 g/mol. The van der Waals surface area contributed by atoms with Gasteiger partial charge >= 0.3 is 0 Å². The van der Waals surface area contributed by atoms with Gasteiger partial charge in [0.05, 0.1) is 26.9 Å². The first kappa shape index (κ1) is 20.4. The molecule has 5 rings (SSSR count). The second-order valence-corrected chi connectivity index (χ2v) is 8.80. The van der Waals surface area contributed by atoms with Crippen LogP contribution in [-0.4, -0.2) is 37.3 Å². The van der Waals surface area contributed by atoms with Crippen molar-refractivity contribution in [1.82, 2.24) is 10.2 Å². The zero-order chi connectivity index (χ0) is 22.4. The number of H-pyrrole nitrogens is 2. The molecule has 3 heterocycles. The van der Waals surface area contributed by atoms with Gasteiger partial charge in [0.15, 0.2) is 17.3 Å². The Morgan fingerprint density at radius 1 is 1.00 bits per heavy atom. The second kappa shape index (κ2) is 7.90. The molecule has 2 atom stereocenters. The van der Waals surface area contributed by atoms with Crippen molar-refractivity contribution >= 4 is 22.9 Å². The lowest BCUT2D eigenvalue weighted by Gasteiger charge is -2.34. The van der Waals surface area contributed by atoms with E-state index >= 15 is 0 Å². The van der Waals surface area contributed by atoms with Crippen molar-refractivity contribution in [3.63, 3.8) is 0 Å². The van der Waals surface area contributed by atoms with E-state index in [1.807, 2.05) is 11.4 Å². The van der Waals surface area contributed by atoms with Crippen molar-refractivity contribution in [2.45, 2.75) is 24.7 Å². The van der Waals surface area contributed by atoms with Crippen molar-refractivity contribution in [1.29, 1.82) is 0 Å². The summed E-state index contributed by atoms with van der Waals surface area (Å²) in [5, 5.41) is 10.9. The van der Waals surface area contributed by atoms with E-state index in [1.54, 1.807) is 37.7 Å². The molecule has 0 bridgehead atoms. The summed E-state index contributed by atoms with van der Waals surface area (Å²) < 4.78 is 16.5. The van der Waals surface area contributed by atoms with Gasteiger partial charge in [0.25, 0.3) is 5.56 Å². The highest BCUT2D eigenvalue weighted by atomic mass is 32.1. The summed E-state index contributed by atoms with van der Waals surface area (Å²) in [4.78, 5) is 27.4. The Morgan fingerprint density at radius 2 is 1.75 bits per heavy atom. The van der Waals surface area contributed by atoms with Crippen LogP contribution in [0.5, 0.6) is 17.2 Å². The number of carbonyl (C=O) groups excluding carboxylic acids is 1. The van der Waals surface area contributed by atoms with E-state index in [-0.39, 0.29) is 17.3 Å². The number of nitrogens with one attached hydrogen (secondary N) is 3. The smallest absolute Gasteiger partial charge is 0.270 e. The SMILES string of the molecule is COc1cc([C@@H]2C3=C(C[C@@H](c4cccs4)CC3=O)Nc3[nH][nH]c(=O)c32)cc(OC)c1OC. The topological polar surface area (TPSA) is 105 Å². The van der Waals surface area contributed by atoms with Crippen molar-refractivity contribution in [2.24, 2.45) is 0 Å². The summed E-state index contributed by atoms with van der Waals surface area (Å²) >= 11 is 1.66. The number of hydrogen-bond acceptors (Lipinski definition) is 7. The Balaban J connectivity index is 1.69. The van der Waals surface area contributed by atoms with Crippen LogP contribution in [0, 0.1) is 0 Å². The van der Waals surface area contributed by atoms with Crippen LogP contribution in [0.1, 0.15) is 40.7 Å². The molecule has 32 heavy (non-hydrogen) atoms. The predicted octanol–water partition coefficient (Wildman–Crippen LogP) is 3.75. The van der Waals surface area contributed by atoms with Crippen LogP contribution in [-0.2, 0) is 4.79 Å². The molecular weight excluding hydrogens is 430 g/mol. The fraction of sp³-hybridized carbons (Fsp3) is 0.304. The quantitative estimate of drug-likeness (QED) is 0.543. The minimum Gasteiger partial charge on any atom is -0.493 e. The maximum absolute atomic E-state index is 13.5. The molecule has 2 aliphatic rings. The number of methoxy groups -OCH3 is 3. The lowest BCUT2D eigenvalue weighted by atomic mass is 9.74. The van der Waals surface area contributed by atoms with E-state index in [4.69, 9.17) is 14.2 Å². The summed E-state index contributed by atoms with van der Waals surface area (Å²) in [6, 6.07) is 7.67. The number of ketones is 1. The predicted molar refractivity (Wildman–Crippen MR) is 121 cm³/mol. The lowest BCUT2D eigenvalue weighted by molar-refractivity contribution is -0.116. The van der Waals surface area contributed by atoms with Gasteiger partial charge in [-0.15, -0.1) is 11.3 Å². The molecule has 0 spiro atoms. The number of thiophene rings is 1. The molecule has 0 fully saturated rings. The summed E-state index contributed by atoms with van der Waals surface area (Å²) in [6.45, 7) is 0. The zero-order valence-corrected chi connectivity index (χ0v) is 18.7. The normalized spacial score (nSPS) is 19.8. The fourth-order valence-corrected chi connectivity index (χ4v) is 5.58. The van der Waals surface area contributed by atoms with Gasteiger partial charge in [0.2, 0.25) is 5.75 Å². The third-order valence-corrected chi connectivity index (χ3v) is 7.18. The van der Waals surface area contributed by atoms with Crippen LogP contribution in [0.3, 0.4) is 0 Å². The Kier molecular flexibility index (Phi) is 5.05. The Hall–Kier alpha value is -3.46. The average molecular weight is 454 g/mol. The lowest BCUT2D eigenvalue weighted by Crippen LogP contribution is -2.31. The van der Waals surface area contributed by atoms with Gasteiger partial charge in [-0.1, -0.05) is 6.07 Å². The molecule has 166 valence electrons. The molecule has 9 heteroatoms. The van der Waals surface area contributed by atoms with Crippen LogP contribution >= 0.6 is 11.3 Å². The van der Waals surface area contributed by atoms with Crippen LogP contribution in [0.2, 0.25) is 0 Å². The van der Waals surface area contributed by atoms with E-state index in [0.29, 0.717) is 47.0 Å². The molecule has 2 aromatic heterocycles. The molecule has 0 unspecified atom stereocenters. The van der Waals surface area contributed by atoms with E-state index in [0.717, 1.165) is 11.3 Å². The summed E-state index contributed by atoms with van der Waals surface area (Å²) in [5.41, 5.74) is 2.38. The first-order chi connectivity index (χ1) is 15.5. The highest BCUT2D eigenvalue weighted by Gasteiger charge is 2.41. The standard InChI is InChI=1S/C23H23N3O5S/c1-29-15-9-12(10-16(30-2)21(15)31-3)18-19-13(24-22-20(18)23(28)26-25-22)7-11(8-14(19)27)17-5-4-6-32-17/h4-6,9-11,18H,7-8H2,1-3H3,(H3,24,25,26,28)/t11-,18-/m1/s1. The number of Topliss-reactive ketones (excluding diaryl/α,β-unsaturated/α-hetero) is 1. The van der Waals surface area contributed by atoms with Gasteiger partial charge in [0.1, 0.15) is 5.82 Å². The number of aromatic amines is 2. The van der Waals surface area contributed by atoms with Gasteiger partial charge in [-0.3, -0.25) is 19.8 Å². The maximum atomic E-state index is 13.5. The molecule has 8 nitrogen and oxygen atoms in total. The van der Waals surface area contributed by atoms with E-state index in [2.05, 4.69) is 21.6 Å². The molecule has 3 N–H and O–H groups in total. The first-order valence-corrected chi connectivity index (χ1v) is 11.1. The van der Waals surface area contributed by atoms with E-state index < -0.39 is 5.92 Å². The first-order valence-electron chi connectivity index (χ1n) is 10.2. The number of rotatable bonds is 5. The highest BCUT2D eigenvalue weighted by molar-refractivity contribution is 7.10. The maximum Gasteiger partial charge on any atom is 0.270 e. The summed E-state index contributed by atoms with van der Waals surface area (Å²) in [7, 11) is 4.62. The fourth-order valence-electron chi connectivity index (χ4n) is 4.75. The Bertz CT molecular complexity index is 1250. The molecule has 1 aromatic carbocycles. The minimum atomic E-state index is -0.554. The van der Waals surface area contributed by atoms with E-state index in [1.165, 1.54) is 12.0 Å². The molecule has 0 saturated carbocycles. The largest absolute Gasteiger partial charge is 0.493 e. The van der Waals surface area contributed by atoms with Crippen LogP contribution in [0.15, 0.2) is 45.7 Å². The van der Waals surface area contributed by atoms with Crippen LogP contribution in [0.25, 0.3) is 0 Å². The van der Waals surface area contributed by atoms with Crippen LogP contribution < -0.4 is 25.1 Å². The van der Waals surface area contributed by atoms with E-state index in [9.17, 15) is 9.59 Å². The van der Waals surface area contributed by atoms with Gasteiger partial charge in [0, 0.05) is 34.4 Å². The molecule has 0 radical (unpaired) electrons. The zero-order valence-electron chi connectivity index (χ0n) is 17.9. The van der Waals surface area contributed by atoms with Crippen molar-refractivity contribution in [2.75, 3.05) is 26.6 Å². The second-order valence-electron chi connectivity index (χ2n) is 7.82. The number of carbonyl (C=O) groups is 1. The van der Waals surface area contributed by atoms with Crippen molar-refractivity contribution < 1.29 is 19.0 Å². The number of benzene rings is 1. The number of allylic oxidation sites excluding steroid dienone is 2.